The van der Waals surface area contributed by atoms with Crippen molar-refractivity contribution < 1.29 is 0 Å². The first-order valence-corrected chi connectivity index (χ1v) is 20.5. The first-order chi connectivity index (χ1) is 27.8. The quantitative estimate of drug-likeness (QED) is 0.0627. The Morgan fingerprint density at radius 1 is 0.393 bits per heavy atom. The molecule has 0 heterocycles. The van der Waals surface area contributed by atoms with Crippen LogP contribution in [-0.2, 0) is 11.1 Å². The van der Waals surface area contributed by atoms with Gasteiger partial charge in [0.15, 0.2) is 0 Å². The molecule has 6 aromatic carbocycles. The van der Waals surface area contributed by atoms with E-state index in [1.807, 2.05) is 0 Å². The SMILES string of the molecule is C1=C(NCCNC2CCCC[C@H]2NC(c2ccccc2)(c2ccccc2)c2ccccc2)C(NC(c2ccccc2)(c2ccccc2)c2ccccc2)=CCC1. The summed E-state index contributed by atoms with van der Waals surface area (Å²) in [5, 5.41) is 16.4. The number of hydrogen-bond donors (Lipinski definition) is 4. The fourth-order valence-corrected chi connectivity index (χ4v) is 9.04. The number of nitrogens with one attached hydrogen (secondary N) is 4. The molecule has 8 rings (SSSR count). The lowest BCUT2D eigenvalue weighted by Gasteiger charge is -2.44. The number of rotatable bonds is 15. The van der Waals surface area contributed by atoms with E-state index in [1.165, 1.54) is 51.9 Å². The summed E-state index contributed by atoms with van der Waals surface area (Å²) < 4.78 is 0. The number of benzene rings is 6. The maximum Gasteiger partial charge on any atom is 0.114 e. The largest absolute Gasteiger partial charge is 0.382 e. The van der Waals surface area contributed by atoms with E-state index in [1.54, 1.807) is 0 Å². The van der Waals surface area contributed by atoms with Crippen LogP contribution in [0.2, 0.25) is 0 Å². The van der Waals surface area contributed by atoms with Gasteiger partial charge in [0.25, 0.3) is 0 Å². The number of allylic oxidation sites excluding steroid dienone is 2. The molecule has 282 valence electrons. The second-order valence-electron chi connectivity index (χ2n) is 15.2. The summed E-state index contributed by atoms with van der Waals surface area (Å²) in [5.41, 5.74) is 8.66. The average molecular weight is 735 g/mol. The van der Waals surface area contributed by atoms with Gasteiger partial charge in [0.1, 0.15) is 5.54 Å². The van der Waals surface area contributed by atoms with Crippen molar-refractivity contribution in [1.29, 1.82) is 0 Å². The highest BCUT2D eigenvalue weighted by Gasteiger charge is 2.41. The summed E-state index contributed by atoms with van der Waals surface area (Å²) in [4.78, 5) is 0. The molecule has 4 nitrogen and oxygen atoms in total. The molecule has 1 fully saturated rings. The maximum absolute atomic E-state index is 4.32. The van der Waals surface area contributed by atoms with Crippen molar-refractivity contribution in [3.63, 3.8) is 0 Å². The van der Waals surface area contributed by atoms with E-state index < -0.39 is 11.1 Å². The van der Waals surface area contributed by atoms with E-state index in [2.05, 4.69) is 215 Å². The Morgan fingerprint density at radius 3 is 1.16 bits per heavy atom. The lowest BCUT2D eigenvalue weighted by molar-refractivity contribution is 0.248. The monoisotopic (exact) mass is 734 g/mol. The highest BCUT2D eigenvalue weighted by atomic mass is 15.1. The van der Waals surface area contributed by atoms with Gasteiger partial charge in [0.05, 0.1) is 16.9 Å². The van der Waals surface area contributed by atoms with Crippen molar-refractivity contribution in [2.24, 2.45) is 0 Å². The third-order valence-corrected chi connectivity index (χ3v) is 11.7. The van der Waals surface area contributed by atoms with E-state index in [0.717, 1.165) is 44.5 Å². The van der Waals surface area contributed by atoms with Gasteiger partial charge in [-0.05, 0) is 59.1 Å². The Hall–Kier alpha value is -5.68. The van der Waals surface area contributed by atoms with Crippen molar-refractivity contribution in [3.8, 4) is 0 Å². The molecule has 0 radical (unpaired) electrons. The predicted octanol–water partition coefficient (Wildman–Crippen LogP) is 10.2. The molecule has 1 unspecified atom stereocenters. The molecule has 4 heteroatoms. The fourth-order valence-electron chi connectivity index (χ4n) is 9.04. The van der Waals surface area contributed by atoms with Gasteiger partial charge in [0.2, 0.25) is 0 Å². The topological polar surface area (TPSA) is 48.1 Å². The van der Waals surface area contributed by atoms with Crippen LogP contribution in [0.15, 0.2) is 206 Å². The predicted molar refractivity (Wildman–Crippen MR) is 232 cm³/mol. The zero-order valence-electron chi connectivity index (χ0n) is 32.3. The van der Waals surface area contributed by atoms with Crippen molar-refractivity contribution in [2.45, 2.75) is 61.7 Å². The Morgan fingerprint density at radius 2 is 0.750 bits per heavy atom. The third-order valence-electron chi connectivity index (χ3n) is 11.7. The highest BCUT2D eigenvalue weighted by molar-refractivity contribution is 5.53. The van der Waals surface area contributed by atoms with Gasteiger partial charge in [-0.2, -0.15) is 0 Å². The Balaban J connectivity index is 1.02. The van der Waals surface area contributed by atoms with E-state index in [0.29, 0.717) is 12.1 Å². The second kappa shape index (κ2) is 17.8. The molecule has 1 saturated carbocycles. The molecule has 2 aliphatic rings. The Kier molecular flexibility index (Phi) is 11.9. The van der Waals surface area contributed by atoms with Crippen molar-refractivity contribution >= 4 is 0 Å². The van der Waals surface area contributed by atoms with Crippen molar-refractivity contribution in [2.75, 3.05) is 13.1 Å². The van der Waals surface area contributed by atoms with Gasteiger partial charge in [-0.25, -0.2) is 0 Å². The molecule has 6 aromatic rings. The van der Waals surface area contributed by atoms with Gasteiger partial charge < -0.3 is 16.0 Å². The molecule has 2 aliphatic carbocycles. The molecular formula is C52H54N4. The second-order valence-corrected chi connectivity index (χ2v) is 15.2. The summed E-state index contributed by atoms with van der Waals surface area (Å²) in [6.07, 6.45) is 11.5. The first kappa shape index (κ1) is 37.3. The first-order valence-electron chi connectivity index (χ1n) is 20.5. The van der Waals surface area contributed by atoms with Crippen LogP contribution in [0.4, 0.5) is 0 Å². The minimum atomic E-state index is -0.574. The van der Waals surface area contributed by atoms with Crippen LogP contribution in [-0.4, -0.2) is 25.2 Å². The average Bonchev–Trinajstić information content (AvgIpc) is 3.29. The molecule has 0 spiro atoms. The van der Waals surface area contributed by atoms with Crippen LogP contribution in [0.3, 0.4) is 0 Å². The molecule has 0 bridgehead atoms. The lowest BCUT2D eigenvalue weighted by atomic mass is 9.75. The highest BCUT2D eigenvalue weighted by Crippen LogP contribution is 2.40. The van der Waals surface area contributed by atoms with Crippen LogP contribution in [0.1, 0.15) is 71.9 Å². The van der Waals surface area contributed by atoms with Crippen molar-refractivity contribution in [3.05, 3.63) is 239 Å². The minimum absolute atomic E-state index is 0.290. The van der Waals surface area contributed by atoms with E-state index in [-0.39, 0.29) is 0 Å². The molecule has 0 aliphatic heterocycles. The molecule has 56 heavy (non-hydrogen) atoms. The summed E-state index contributed by atoms with van der Waals surface area (Å²) >= 11 is 0. The summed E-state index contributed by atoms with van der Waals surface area (Å²) in [5.74, 6) is 0. The summed E-state index contributed by atoms with van der Waals surface area (Å²) in [6.45, 7) is 1.69. The Bertz CT molecular complexity index is 1960. The molecule has 0 saturated heterocycles. The standard InChI is InChI=1S/C52H54N4/c1-7-23-41(24-8-1)51(42-25-9-2-10-26-42,43-27-11-3-12-28-43)55-49-37-21-19-35-47(49)53-39-40-54-48-36-20-22-38-50(48)56-52(44-29-13-4-14-30-44,45-31-15-5-16-32-45)46-33-17-6-18-34-46/h1-18,23-35,37,48,50,53-56H,19-22,36,38-40H2/t48?,50-/m1/s1. The minimum Gasteiger partial charge on any atom is -0.382 e. The molecule has 2 atom stereocenters. The van der Waals surface area contributed by atoms with Gasteiger partial charge in [-0.3, -0.25) is 5.32 Å². The van der Waals surface area contributed by atoms with Gasteiger partial charge >= 0.3 is 0 Å². The Labute approximate surface area is 333 Å². The van der Waals surface area contributed by atoms with Gasteiger partial charge in [-0.15, -0.1) is 0 Å². The number of hydrogen-bond acceptors (Lipinski definition) is 4. The van der Waals surface area contributed by atoms with Crippen LogP contribution in [0.25, 0.3) is 0 Å². The smallest absolute Gasteiger partial charge is 0.114 e. The maximum atomic E-state index is 4.32. The summed E-state index contributed by atoms with van der Waals surface area (Å²) in [7, 11) is 0. The lowest BCUT2D eigenvalue weighted by Crippen LogP contribution is -2.58. The third kappa shape index (κ3) is 7.86. The van der Waals surface area contributed by atoms with Gasteiger partial charge in [-0.1, -0.05) is 207 Å². The molecule has 0 amide bonds. The molecule has 4 N–H and O–H groups in total. The zero-order chi connectivity index (χ0) is 37.9. The van der Waals surface area contributed by atoms with Crippen molar-refractivity contribution in [1.82, 2.24) is 21.3 Å². The fraction of sp³-hybridized carbons (Fsp3) is 0.231. The molecule has 0 aromatic heterocycles. The van der Waals surface area contributed by atoms with Crippen LogP contribution >= 0.6 is 0 Å². The van der Waals surface area contributed by atoms with Crippen LogP contribution in [0, 0.1) is 0 Å². The zero-order valence-corrected chi connectivity index (χ0v) is 32.3. The van der Waals surface area contributed by atoms with Crippen LogP contribution < -0.4 is 21.3 Å². The van der Waals surface area contributed by atoms with E-state index >= 15 is 0 Å². The normalized spacial score (nSPS) is 17.4. The van der Waals surface area contributed by atoms with Gasteiger partial charge in [0, 0.05) is 25.2 Å². The van der Waals surface area contributed by atoms with E-state index in [4.69, 9.17) is 0 Å². The van der Waals surface area contributed by atoms with Crippen LogP contribution in [0.5, 0.6) is 0 Å². The van der Waals surface area contributed by atoms with E-state index in [9.17, 15) is 0 Å². The summed E-state index contributed by atoms with van der Waals surface area (Å²) in [6, 6.07) is 66.3. The molecular weight excluding hydrogens is 681 g/mol.